The SMILES string of the molecule is CC(CN1CCC(C(=O)O)(c2ccccc2)CC1)C(N)=O. The molecule has 21 heavy (non-hydrogen) atoms. The number of aliphatic carboxylic acids is 1. The van der Waals surface area contributed by atoms with E-state index >= 15 is 0 Å². The van der Waals surface area contributed by atoms with Gasteiger partial charge in [0.2, 0.25) is 5.91 Å². The Bertz CT molecular complexity index is 508. The minimum atomic E-state index is -0.812. The lowest BCUT2D eigenvalue weighted by molar-refractivity contribution is -0.146. The Hall–Kier alpha value is -1.88. The van der Waals surface area contributed by atoms with E-state index in [4.69, 9.17) is 5.73 Å². The van der Waals surface area contributed by atoms with Gasteiger partial charge in [-0.1, -0.05) is 37.3 Å². The lowest BCUT2D eigenvalue weighted by atomic mass is 9.72. The summed E-state index contributed by atoms with van der Waals surface area (Å²) in [6, 6.07) is 9.41. The molecular formula is C16H22N2O3. The molecule has 0 aromatic heterocycles. The van der Waals surface area contributed by atoms with Gasteiger partial charge in [0, 0.05) is 12.5 Å². The molecule has 1 atom stereocenters. The van der Waals surface area contributed by atoms with Crippen LogP contribution in [-0.2, 0) is 15.0 Å². The van der Waals surface area contributed by atoms with Gasteiger partial charge < -0.3 is 15.7 Å². The largest absolute Gasteiger partial charge is 0.481 e. The first-order chi connectivity index (χ1) is 9.95. The maximum Gasteiger partial charge on any atom is 0.314 e. The van der Waals surface area contributed by atoms with E-state index in [1.807, 2.05) is 30.3 Å². The van der Waals surface area contributed by atoms with Gasteiger partial charge in [-0.3, -0.25) is 9.59 Å². The van der Waals surface area contributed by atoms with Crippen LogP contribution in [0.15, 0.2) is 30.3 Å². The highest BCUT2D eigenvalue weighted by Gasteiger charge is 2.43. The molecule has 1 amide bonds. The number of carbonyl (C=O) groups is 2. The highest BCUT2D eigenvalue weighted by molar-refractivity contribution is 5.81. The van der Waals surface area contributed by atoms with Gasteiger partial charge in [-0.15, -0.1) is 0 Å². The van der Waals surface area contributed by atoms with Crippen molar-refractivity contribution in [3.05, 3.63) is 35.9 Å². The molecule has 1 saturated heterocycles. The molecule has 5 nitrogen and oxygen atoms in total. The van der Waals surface area contributed by atoms with Crippen LogP contribution in [0, 0.1) is 5.92 Å². The third kappa shape index (κ3) is 3.24. The molecule has 0 spiro atoms. The van der Waals surface area contributed by atoms with Crippen LogP contribution in [-0.4, -0.2) is 41.5 Å². The monoisotopic (exact) mass is 290 g/mol. The number of hydrogen-bond donors (Lipinski definition) is 2. The first-order valence-electron chi connectivity index (χ1n) is 7.26. The summed E-state index contributed by atoms with van der Waals surface area (Å²) >= 11 is 0. The number of carboxylic acid groups (broad SMARTS) is 1. The van der Waals surface area contributed by atoms with Gasteiger partial charge in [0.25, 0.3) is 0 Å². The summed E-state index contributed by atoms with van der Waals surface area (Å²) in [4.78, 5) is 25.1. The number of nitrogens with zero attached hydrogens (tertiary/aromatic N) is 1. The van der Waals surface area contributed by atoms with E-state index in [1.165, 1.54) is 0 Å². The van der Waals surface area contributed by atoms with Crippen LogP contribution in [0.5, 0.6) is 0 Å². The molecule has 1 fully saturated rings. The molecule has 0 radical (unpaired) electrons. The van der Waals surface area contributed by atoms with Crippen LogP contribution in [0.1, 0.15) is 25.3 Å². The second-order valence-corrected chi connectivity index (χ2v) is 5.86. The Kier molecular flexibility index (Phi) is 4.63. The number of amides is 1. The van der Waals surface area contributed by atoms with Gasteiger partial charge in [-0.05, 0) is 31.5 Å². The molecule has 1 unspecified atom stereocenters. The zero-order valence-electron chi connectivity index (χ0n) is 12.3. The van der Waals surface area contributed by atoms with Gasteiger partial charge in [-0.2, -0.15) is 0 Å². The number of nitrogens with two attached hydrogens (primary N) is 1. The highest BCUT2D eigenvalue weighted by Crippen LogP contribution is 2.36. The molecule has 0 aliphatic carbocycles. The number of piperidine rings is 1. The van der Waals surface area contributed by atoms with Crippen molar-refractivity contribution in [3.8, 4) is 0 Å². The predicted molar refractivity (Wildman–Crippen MR) is 79.8 cm³/mol. The Labute approximate surface area is 124 Å². The van der Waals surface area contributed by atoms with E-state index in [2.05, 4.69) is 4.90 Å². The molecule has 1 aromatic rings. The fraction of sp³-hybridized carbons (Fsp3) is 0.500. The Morgan fingerprint density at radius 1 is 1.29 bits per heavy atom. The van der Waals surface area contributed by atoms with Crippen molar-refractivity contribution in [1.82, 2.24) is 4.90 Å². The van der Waals surface area contributed by atoms with Gasteiger partial charge in [-0.25, -0.2) is 0 Å². The molecule has 1 aromatic carbocycles. The Balaban J connectivity index is 2.09. The van der Waals surface area contributed by atoms with Crippen molar-refractivity contribution in [2.24, 2.45) is 11.7 Å². The third-order valence-electron chi connectivity index (χ3n) is 4.46. The van der Waals surface area contributed by atoms with Crippen LogP contribution in [0.4, 0.5) is 0 Å². The molecular weight excluding hydrogens is 268 g/mol. The summed E-state index contributed by atoms with van der Waals surface area (Å²) in [6.45, 7) is 3.73. The molecule has 0 saturated carbocycles. The van der Waals surface area contributed by atoms with Gasteiger partial charge in [0.05, 0.1) is 5.41 Å². The van der Waals surface area contributed by atoms with Gasteiger partial charge in [0.1, 0.15) is 0 Å². The predicted octanol–water partition coefficient (Wildman–Crippen LogP) is 1.23. The summed E-state index contributed by atoms with van der Waals surface area (Å²) < 4.78 is 0. The molecule has 3 N–H and O–H groups in total. The number of benzene rings is 1. The van der Waals surface area contributed by atoms with E-state index in [9.17, 15) is 14.7 Å². The smallest absolute Gasteiger partial charge is 0.314 e. The Morgan fingerprint density at radius 3 is 2.33 bits per heavy atom. The van der Waals surface area contributed by atoms with E-state index in [1.54, 1.807) is 6.92 Å². The van der Waals surface area contributed by atoms with Crippen molar-refractivity contribution in [2.45, 2.75) is 25.2 Å². The van der Waals surface area contributed by atoms with E-state index in [0.717, 1.165) is 5.56 Å². The average Bonchev–Trinajstić information content (AvgIpc) is 2.48. The maximum absolute atomic E-state index is 11.8. The van der Waals surface area contributed by atoms with Crippen LogP contribution < -0.4 is 5.73 Å². The summed E-state index contributed by atoms with van der Waals surface area (Å²) in [6.07, 6.45) is 1.11. The van der Waals surface area contributed by atoms with E-state index in [-0.39, 0.29) is 11.8 Å². The maximum atomic E-state index is 11.8. The topological polar surface area (TPSA) is 83.6 Å². The Morgan fingerprint density at radius 2 is 1.86 bits per heavy atom. The zero-order valence-corrected chi connectivity index (χ0v) is 12.3. The normalized spacial score (nSPS) is 19.9. The summed E-state index contributed by atoms with van der Waals surface area (Å²) in [5.74, 6) is -1.29. The van der Waals surface area contributed by atoms with Crippen LogP contribution in [0.3, 0.4) is 0 Å². The van der Waals surface area contributed by atoms with Crippen molar-refractivity contribution in [3.63, 3.8) is 0 Å². The first kappa shape index (κ1) is 15.5. The molecule has 1 heterocycles. The molecule has 5 heteroatoms. The molecule has 114 valence electrons. The van der Waals surface area contributed by atoms with Gasteiger partial charge in [0.15, 0.2) is 0 Å². The zero-order chi connectivity index (χ0) is 15.5. The lowest BCUT2D eigenvalue weighted by Crippen LogP contribution is -2.49. The number of likely N-dealkylation sites (tertiary alicyclic amines) is 1. The standard InChI is InChI=1S/C16H22N2O3/c1-12(14(17)19)11-18-9-7-16(8-10-18,15(20)21)13-5-3-2-4-6-13/h2-6,12H,7-11H2,1H3,(H2,17,19)(H,20,21). The minimum absolute atomic E-state index is 0.209. The second kappa shape index (κ2) is 6.26. The number of hydrogen-bond acceptors (Lipinski definition) is 3. The molecule has 1 aliphatic heterocycles. The average molecular weight is 290 g/mol. The fourth-order valence-corrected chi connectivity index (χ4v) is 2.98. The van der Waals surface area contributed by atoms with Crippen LogP contribution in [0.25, 0.3) is 0 Å². The van der Waals surface area contributed by atoms with Crippen molar-refractivity contribution >= 4 is 11.9 Å². The highest BCUT2D eigenvalue weighted by atomic mass is 16.4. The lowest BCUT2D eigenvalue weighted by Gasteiger charge is -2.39. The van der Waals surface area contributed by atoms with E-state index in [0.29, 0.717) is 32.5 Å². The summed E-state index contributed by atoms with van der Waals surface area (Å²) in [5, 5.41) is 9.71. The second-order valence-electron chi connectivity index (χ2n) is 5.86. The quantitative estimate of drug-likeness (QED) is 0.854. The first-order valence-corrected chi connectivity index (χ1v) is 7.26. The number of carbonyl (C=O) groups excluding carboxylic acids is 1. The fourth-order valence-electron chi connectivity index (χ4n) is 2.98. The van der Waals surface area contributed by atoms with Gasteiger partial charge >= 0.3 is 5.97 Å². The molecule has 0 bridgehead atoms. The number of carboxylic acids is 1. The molecule has 1 aliphatic rings. The van der Waals surface area contributed by atoms with Crippen molar-refractivity contribution in [1.29, 1.82) is 0 Å². The molecule has 2 rings (SSSR count). The van der Waals surface area contributed by atoms with E-state index < -0.39 is 11.4 Å². The van der Waals surface area contributed by atoms with Crippen molar-refractivity contribution < 1.29 is 14.7 Å². The van der Waals surface area contributed by atoms with Crippen molar-refractivity contribution in [2.75, 3.05) is 19.6 Å². The number of rotatable bonds is 5. The van der Waals surface area contributed by atoms with Crippen LogP contribution >= 0.6 is 0 Å². The number of primary amides is 1. The third-order valence-corrected chi connectivity index (χ3v) is 4.46. The minimum Gasteiger partial charge on any atom is -0.481 e. The van der Waals surface area contributed by atoms with Crippen LogP contribution in [0.2, 0.25) is 0 Å². The summed E-state index contributed by atoms with van der Waals surface area (Å²) in [5.41, 5.74) is 5.34. The summed E-state index contributed by atoms with van der Waals surface area (Å²) in [7, 11) is 0.